The van der Waals surface area contributed by atoms with Crippen molar-refractivity contribution in [3.63, 3.8) is 0 Å². The molecule has 1 amide bonds. The first-order valence-electron chi connectivity index (χ1n) is 6.27. The van der Waals surface area contributed by atoms with E-state index in [2.05, 4.69) is 0 Å². The van der Waals surface area contributed by atoms with E-state index in [4.69, 9.17) is 0 Å². The highest BCUT2D eigenvalue weighted by Gasteiger charge is 2.16. The van der Waals surface area contributed by atoms with Crippen LogP contribution in [0.2, 0.25) is 0 Å². The van der Waals surface area contributed by atoms with Gasteiger partial charge < -0.3 is 0 Å². The Morgan fingerprint density at radius 1 is 1.00 bits per heavy atom. The molecule has 0 aliphatic heterocycles. The summed E-state index contributed by atoms with van der Waals surface area (Å²) in [7, 11) is -3.79. The van der Waals surface area contributed by atoms with E-state index in [0.29, 0.717) is 5.56 Å². The number of sulfonamides is 1. The van der Waals surface area contributed by atoms with Crippen LogP contribution in [0.5, 0.6) is 0 Å². The van der Waals surface area contributed by atoms with Crippen molar-refractivity contribution in [1.29, 1.82) is 0 Å². The van der Waals surface area contributed by atoms with Gasteiger partial charge in [-0.05, 0) is 17.2 Å². The number of hydrogen-bond acceptors (Lipinski definition) is 3. The lowest BCUT2D eigenvalue weighted by molar-refractivity contribution is -0.118. The summed E-state index contributed by atoms with van der Waals surface area (Å²) in [5.74, 6) is -1.58. The minimum atomic E-state index is -3.79. The Balaban J connectivity index is 2.00. The molecule has 0 heterocycles. The van der Waals surface area contributed by atoms with Crippen LogP contribution >= 0.6 is 0 Å². The minimum absolute atomic E-state index is 0.157. The molecule has 0 aliphatic carbocycles. The summed E-state index contributed by atoms with van der Waals surface area (Å²) in [4.78, 5) is 11.7. The summed E-state index contributed by atoms with van der Waals surface area (Å²) in [6, 6.07) is 14.3. The average Bonchev–Trinajstić information content (AvgIpc) is 2.41. The second kappa shape index (κ2) is 6.49. The lowest BCUT2D eigenvalue weighted by Crippen LogP contribution is -2.32. The van der Waals surface area contributed by atoms with Gasteiger partial charge in [0, 0.05) is 0 Å². The highest BCUT2D eigenvalue weighted by atomic mass is 32.2. The largest absolute Gasteiger partial charge is 0.274 e. The molecule has 0 radical (unpaired) electrons. The standard InChI is InChI=1S/C15H14FNO3S/c16-14-9-5-4-8-13(14)10-15(18)17-21(19,20)11-12-6-2-1-3-7-12/h1-9H,10-11H2,(H,17,18). The fraction of sp³-hybridized carbons (Fsp3) is 0.133. The predicted molar refractivity (Wildman–Crippen MR) is 77.3 cm³/mol. The smallest absolute Gasteiger partial charge is 0.239 e. The van der Waals surface area contributed by atoms with E-state index in [1.807, 2.05) is 4.72 Å². The maximum atomic E-state index is 13.4. The van der Waals surface area contributed by atoms with Gasteiger partial charge in [-0.1, -0.05) is 48.5 Å². The van der Waals surface area contributed by atoms with Gasteiger partial charge in [-0.2, -0.15) is 0 Å². The quantitative estimate of drug-likeness (QED) is 0.919. The van der Waals surface area contributed by atoms with Crippen molar-refractivity contribution in [3.05, 3.63) is 71.5 Å². The van der Waals surface area contributed by atoms with Crippen LogP contribution in [0.3, 0.4) is 0 Å². The molecule has 0 saturated carbocycles. The molecule has 2 rings (SSSR count). The van der Waals surface area contributed by atoms with E-state index in [1.165, 1.54) is 18.2 Å². The Hall–Kier alpha value is -2.21. The van der Waals surface area contributed by atoms with Crippen molar-refractivity contribution in [2.45, 2.75) is 12.2 Å². The van der Waals surface area contributed by atoms with E-state index in [0.717, 1.165) is 0 Å². The average molecular weight is 307 g/mol. The molecule has 0 fully saturated rings. The van der Waals surface area contributed by atoms with Crippen LogP contribution in [0.15, 0.2) is 54.6 Å². The van der Waals surface area contributed by atoms with E-state index in [9.17, 15) is 17.6 Å². The molecule has 0 unspecified atom stereocenters. The number of nitrogens with one attached hydrogen (secondary N) is 1. The lowest BCUT2D eigenvalue weighted by atomic mass is 10.1. The molecule has 21 heavy (non-hydrogen) atoms. The zero-order valence-electron chi connectivity index (χ0n) is 11.1. The molecule has 0 atom stereocenters. The van der Waals surface area contributed by atoms with E-state index < -0.39 is 21.7 Å². The second-order valence-electron chi connectivity index (χ2n) is 4.54. The van der Waals surface area contributed by atoms with Gasteiger partial charge in [0.05, 0.1) is 12.2 Å². The van der Waals surface area contributed by atoms with Crippen LogP contribution in [0.4, 0.5) is 4.39 Å². The molecule has 2 aromatic rings. The van der Waals surface area contributed by atoms with Gasteiger partial charge in [-0.25, -0.2) is 12.8 Å². The van der Waals surface area contributed by atoms with E-state index in [1.54, 1.807) is 36.4 Å². The third kappa shape index (κ3) is 4.68. The minimum Gasteiger partial charge on any atom is -0.274 e. The first-order chi connectivity index (χ1) is 9.96. The Labute approximate surface area is 122 Å². The molecule has 0 bridgehead atoms. The summed E-state index contributed by atoms with van der Waals surface area (Å²) in [5, 5.41) is 0. The van der Waals surface area contributed by atoms with Gasteiger partial charge in [0.1, 0.15) is 5.82 Å². The highest BCUT2D eigenvalue weighted by molar-refractivity contribution is 7.89. The molecule has 0 aliphatic rings. The zero-order chi connectivity index (χ0) is 15.3. The van der Waals surface area contributed by atoms with Crippen molar-refractivity contribution in [2.24, 2.45) is 0 Å². The number of hydrogen-bond donors (Lipinski definition) is 1. The van der Waals surface area contributed by atoms with E-state index >= 15 is 0 Å². The zero-order valence-corrected chi connectivity index (χ0v) is 11.9. The van der Waals surface area contributed by atoms with Gasteiger partial charge in [0.15, 0.2) is 0 Å². The molecule has 0 aromatic heterocycles. The molecular formula is C15H14FNO3S. The molecular weight excluding hydrogens is 293 g/mol. The van der Waals surface area contributed by atoms with Gasteiger partial charge in [-0.3, -0.25) is 9.52 Å². The fourth-order valence-corrected chi connectivity index (χ4v) is 2.98. The number of rotatable bonds is 5. The third-order valence-electron chi connectivity index (χ3n) is 2.78. The molecule has 0 spiro atoms. The number of amides is 1. The Morgan fingerprint density at radius 2 is 1.62 bits per heavy atom. The van der Waals surface area contributed by atoms with Crippen LogP contribution in [0, 0.1) is 5.82 Å². The topological polar surface area (TPSA) is 63.2 Å². The SMILES string of the molecule is O=C(Cc1ccccc1F)NS(=O)(=O)Cc1ccccc1. The van der Waals surface area contributed by atoms with Gasteiger partial charge in [-0.15, -0.1) is 0 Å². The third-order valence-corrected chi connectivity index (χ3v) is 4.03. The Morgan fingerprint density at radius 3 is 2.29 bits per heavy atom. The molecule has 6 heteroatoms. The number of halogens is 1. The highest BCUT2D eigenvalue weighted by Crippen LogP contribution is 2.08. The normalized spacial score (nSPS) is 11.1. The lowest BCUT2D eigenvalue weighted by Gasteiger charge is -2.07. The second-order valence-corrected chi connectivity index (χ2v) is 6.26. The van der Waals surface area contributed by atoms with Crippen molar-refractivity contribution in [3.8, 4) is 0 Å². The van der Waals surface area contributed by atoms with Crippen molar-refractivity contribution in [1.82, 2.24) is 4.72 Å². The van der Waals surface area contributed by atoms with Crippen LogP contribution in [-0.2, 0) is 27.0 Å². The Bertz CT molecular complexity index is 730. The van der Waals surface area contributed by atoms with Crippen LogP contribution in [0.1, 0.15) is 11.1 Å². The molecule has 2 aromatic carbocycles. The van der Waals surface area contributed by atoms with Crippen LogP contribution in [-0.4, -0.2) is 14.3 Å². The van der Waals surface area contributed by atoms with Crippen molar-refractivity contribution >= 4 is 15.9 Å². The molecule has 0 saturated heterocycles. The van der Waals surface area contributed by atoms with Gasteiger partial charge in [0.25, 0.3) is 0 Å². The van der Waals surface area contributed by atoms with Crippen molar-refractivity contribution < 1.29 is 17.6 Å². The number of carbonyl (C=O) groups excluding carboxylic acids is 1. The van der Waals surface area contributed by atoms with E-state index in [-0.39, 0.29) is 17.7 Å². The summed E-state index contributed by atoms with van der Waals surface area (Å²) in [6.07, 6.45) is -0.319. The first kappa shape index (κ1) is 15.2. The van der Waals surface area contributed by atoms with Crippen LogP contribution in [0.25, 0.3) is 0 Å². The van der Waals surface area contributed by atoms with Crippen LogP contribution < -0.4 is 4.72 Å². The number of benzene rings is 2. The maximum Gasteiger partial charge on any atom is 0.239 e. The molecule has 4 nitrogen and oxygen atoms in total. The summed E-state index contributed by atoms with van der Waals surface area (Å²) < 4.78 is 39.1. The van der Waals surface area contributed by atoms with Gasteiger partial charge >= 0.3 is 0 Å². The molecule has 1 N–H and O–H groups in total. The summed E-state index contributed by atoms with van der Waals surface area (Å²) >= 11 is 0. The fourth-order valence-electron chi connectivity index (χ4n) is 1.85. The maximum absolute atomic E-state index is 13.4. The Kier molecular flexibility index (Phi) is 4.70. The van der Waals surface area contributed by atoms with Gasteiger partial charge in [0.2, 0.25) is 15.9 Å². The molecule has 110 valence electrons. The summed E-state index contributed by atoms with van der Waals surface area (Å²) in [6.45, 7) is 0. The first-order valence-corrected chi connectivity index (χ1v) is 7.92. The predicted octanol–water partition coefficient (Wildman–Crippen LogP) is 2.01. The summed E-state index contributed by atoms with van der Waals surface area (Å²) in [5.41, 5.74) is 0.730. The monoisotopic (exact) mass is 307 g/mol. The van der Waals surface area contributed by atoms with Crippen molar-refractivity contribution in [2.75, 3.05) is 0 Å². The number of carbonyl (C=O) groups is 1.